The lowest BCUT2D eigenvalue weighted by Gasteiger charge is -2.07. The molecule has 0 bridgehead atoms. The third-order valence-electron chi connectivity index (χ3n) is 0.788. The van der Waals surface area contributed by atoms with E-state index < -0.39 is 17.5 Å². The van der Waals surface area contributed by atoms with Crippen molar-refractivity contribution in [2.24, 2.45) is 0 Å². The highest BCUT2D eigenvalue weighted by Gasteiger charge is 2.30. The number of hydrogen-bond donors (Lipinski definition) is 1. The van der Waals surface area contributed by atoms with Crippen LogP contribution in [0.4, 0.5) is 8.78 Å². The molecular formula is C5H6F2O2. The van der Waals surface area contributed by atoms with Crippen molar-refractivity contribution in [3.8, 4) is 0 Å². The van der Waals surface area contributed by atoms with Crippen molar-refractivity contribution in [3.05, 3.63) is 12.2 Å². The maximum atomic E-state index is 11.9. The predicted octanol–water partition coefficient (Wildman–Crippen LogP) is 1.28. The molecule has 0 amide bonds. The Labute approximate surface area is 50.8 Å². The summed E-state index contributed by atoms with van der Waals surface area (Å²) in [6, 6.07) is 0. The van der Waals surface area contributed by atoms with Crippen LogP contribution in [0.2, 0.25) is 0 Å². The molecule has 0 aliphatic carbocycles. The summed E-state index contributed by atoms with van der Waals surface area (Å²) >= 11 is 0. The molecule has 0 saturated heterocycles. The Morgan fingerprint density at radius 2 is 2.00 bits per heavy atom. The lowest BCUT2D eigenvalue weighted by molar-refractivity contribution is -0.135. The lowest BCUT2D eigenvalue weighted by Crippen LogP contribution is -2.19. The first-order valence-corrected chi connectivity index (χ1v) is 2.16. The van der Waals surface area contributed by atoms with E-state index in [1.807, 2.05) is 0 Å². The Balaban J connectivity index is 4.23. The van der Waals surface area contributed by atoms with Crippen LogP contribution in [0.15, 0.2) is 12.2 Å². The van der Waals surface area contributed by atoms with E-state index in [9.17, 15) is 13.6 Å². The number of carbonyl (C=O) groups is 1. The Morgan fingerprint density at radius 1 is 1.67 bits per heavy atom. The number of carboxylic acids is 1. The van der Waals surface area contributed by atoms with Gasteiger partial charge in [-0.25, -0.2) is 13.6 Å². The largest absolute Gasteiger partial charge is 0.478 e. The Morgan fingerprint density at radius 3 is 2.00 bits per heavy atom. The molecule has 52 valence electrons. The molecular weight excluding hydrogens is 130 g/mol. The molecule has 0 saturated carbocycles. The van der Waals surface area contributed by atoms with Gasteiger partial charge < -0.3 is 5.11 Å². The molecule has 0 aromatic heterocycles. The highest BCUT2D eigenvalue weighted by atomic mass is 19.3. The van der Waals surface area contributed by atoms with Gasteiger partial charge in [0.2, 0.25) is 0 Å². The monoisotopic (exact) mass is 136 g/mol. The van der Waals surface area contributed by atoms with Crippen molar-refractivity contribution in [3.63, 3.8) is 0 Å². The molecule has 0 unspecified atom stereocenters. The van der Waals surface area contributed by atoms with E-state index in [4.69, 9.17) is 5.11 Å². The number of alkyl halides is 2. The maximum absolute atomic E-state index is 11.9. The molecule has 4 heteroatoms. The molecule has 0 aromatic rings. The van der Waals surface area contributed by atoms with Gasteiger partial charge in [-0.2, -0.15) is 0 Å². The molecule has 0 radical (unpaired) electrons. The van der Waals surface area contributed by atoms with Crippen molar-refractivity contribution >= 4 is 5.97 Å². The normalized spacial score (nSPS) is 11.0. The molecule has 0 rings (SSSR count). The number of aliphatic carboxylic acids is 1. The average Bonchev–Trinajstić information content (AvgIpc) is 1.62. The third-order valence-corrected chi connectivity index (χ3v) is 0.788. The van der Waals surface area contributed by atoms with Gasteiger partial charge in [-0.05, 0) is 0 Å². The van der Waals surface area contributed by atoms with E-state index in [-0.39, 0.29) is 0 Å². The van der Waals surface area contributed by atoms with Crippen molar-refractivity contribution < 1.29 is 18.7 Å². The molecule has 0 aliphatic heterocycles. The van der Waals surface area contributed by atoms with Crippen LogP contribution in [0.1, 0.15) is 6.92 Å². The molecule has 2 nitrogen and oxygen atoms in total. The number of rotatable bonds is 2. The van der Waals surface area contributed by atoms with Gasteiger partial charge in [-0.1, -0.05) is 6.58 Å². The molecule has 0 aliphatic rings. The van der Waals surface area contributed by atoms with Crippen LogP contribution in [0, 0.1) is 0 Å². The van der Waals surface area contributed by atoms with Gasteiger partial charge in [0.25, 0.3) is 5.92 Å². The highest BCUT2D eigenvalue weighted by Crippen LogP contribution is 2.20. The topological polar surface area (TPSA) is 37.3 Å². The summed E-state index contributed by atoms with van der Waals surface area (Å²) in [7, 11) is 0. The van der Waals surface area contributed by atoms with Crippen LogP contribution in [-0.2, 0) is 4.79 Å². The summed E-state index contributed by atoms with van der Waals surface area (Å²) in [5.41, 5.74) is -1.08. The van der Waals surface area contributed by atoms with Gasteiger partial charge in [-0.15, -0.1) is 0 Å². The van der Waals surface area contributed by atoms with Gasteiger partial charge in [0.05, 0.1) is 5.57 Å². The van der Waals surface area contributed by atoms with Crippen LogP contribution in [0.25, 0.3) is 0 Å². The van der Waals surface area contributed by atoms with Gasteiger partial charge >= 0.3 is 5.97 Å². The summed E-state index contributed by atoms with van der Waals surface area (Å²) in [4.78, 5) is 9.77. The fraction of sp³-hybridized carbons (Fsp3) is 0.400. The van der Waals surface area contributed by atoms with E-state index >= 15 is 0 Å². The summed E-state index contributed by atoms with van der Waals surface area (Å²) < 4.78 is 23.8. The fourth-order valence-electron chi connectivity index (χ4n) is 0.188. The second-order valence-corrected chi connectivity index (χ2v) is 1.67. The Hall–Kier alpha value is -0.930. The Bertz CT molecular complexity index is 146. The zero-order chi connectivity index (χ0) is 7.65. The van der Waals surface area contributed by atoms with Gasteiger partial charge in [-0.3, -0.25) is 0 Å². The molecule has 0 atom stereocenters. The van der Waals surface area contributed by atoms with Gasteiger partial charge in [0, 0.05) is 6.92 Å². The zero-order valence-corrected chi connectivity index (χ0v) is 4.82. The van der Waals surface area contributed by atoms with Gasteiger partial charge in [0.15, 0.2) is 0 Å². The van der Waals surface area contributed by atoms with Crippen LogP contribution in [-0.4, -0.2) is 17.0 Å². The number of hydrogen-bond acceptors (Lipinski definition) is 1. The quantitative estimate of drug-likeness (QED) is 0.580. The third kappa shape index (κ3) is 2.21. The molecule has 0 heterocycles. The maximum Gasteiger partial charge on any atom is 0.337 e. The minimum atomic E-state index is -3.31. The minimum absolute atomic E-state index is 0.490. The number of carboxylic acid groups (broad SMARTS) is 1. The Kier molecular flexibility index (Phi) is 1.91. The summed E-state index contributed by atoms with van der Waals surface area (Å²) in [6.07, 6.45) is 0. The molecule has 0 aromatic carbocycles. The number of halogens is 2. The zero-order valence-electron chi connectivity index (χ0n) is 4.82. The standard InChI is InChI=1S/C5H6F2O2/c1-3(4(8)9)5(2,6)7/h1H2,2H3,(H,8,9). The van der Waals surface area contributed by atoms with Crippen molar-refractivity contribution in [1.82, 2.24) is 0 Å². The fourth-order valence-corrected chi connectivity index (χ4v) is 0.188. The molecule has 1 N–H and O–H groups in total. The van der Waals surface area contributed by atoms with E-state index in [0.717, 1.165) is 0 Å². The SMILES string of the molecule is C=C(C(=O)O)C(C)(F)F. The summed E-state index contributed by atoms with van der Waals surface area (Å²) in [5, 5.41) is 7.94. The van der Waals surface area contributed by atoms with Crippen molar-refractivity contribution in [2.75, 3.05) is 0 Å². The first-order chi connectivity index (χ1) is 3.85. The van der Waals surface area contributed by atoms with Crippen LogP contribution < -0.4 is 0 Å². The molecule has 0 fully saturated rings. The van der Waals surface area contributed by atoms with E-state index in [2.05, 4.69) is 6.58 Å². The molecule has 9 heavy (non-hydrogen) atoms. The second-order valence-electron chi connectivity index (χ2n) is 1.67. The van der Waals surface area contributed by atoms with Gasteiger partial charge in [0.1, 0.15) is 0 Å². The van der Waals surface area contributed by atoms with E-state index in [1.165, 1.54) is 0 Å². The second kappa shape index (κ2) is 2.13. The van der Waals surface area contributed by atoms with Crippen LogP contribution in [0.5, 0.6) is 0 Å². The van der Waals surface area contributed by atoms with Crippen LogP contribution in [0.3, 0.4) is 0 Å². The van der Waals surface area contributed by atoms with Crippen molar-refractivity contribution in [2.45, 2.75) is 12.8 Å². The summed E-state index contributed by atoms with van der Waals surface area (Å²) in [5.74, 6) is -4.98. The first kappa shape index (κ1) is 8.07. The highest BCUT2D eigenvalue weighted by molar-refractivity contribution is 5.87. The smallest absolute Gasteiger partial charge is 0.337 e. The van der Waals surface area contributed by atoms with Crippen molar-refractivity contribution in [1.29, 1.82) is 0 Å². The average molecular weight is 136 g/mol. The summed E-state index contributed by atoms with van der Waals surface area (Å²) in [6.45, 7) is 3.17. The van der Waals surface area contributed by atoms with E-state index in [1.54, 1.807) is 0 Å². The molecule has 0 spiro atoms. The first-order valence-electron chi connectivity index (χ1n) is 2.16. The van der Waals surface area contributed by atoms with E-state index in [0.29, 0.717) is 6.92 Å². The lowest BCUT2D eigenvalue weighted by atomic mass is 10.2. The van der Waals surface area contributed by atoms with Crippen LogP contribution >= 0.6 is 0 Å². The minimum Gasteiger partial charge on any atom is -0.478 e. The predicted molar refractivity (Wildman–Crippen MR) is 27.4 cm³/mol.